The largest absolute Gasteiger partial charge is 0.339 e. The van der Waals surface area contributed by atoms with Crippen molar-refractivity contribution in [2.45, 2.75) is 32.1 Å². The molecule has 4 rings (SSSR count). The minimum Gasteiger partial charge on any atom is -0.339 e. The van der Waals surface area contributed by atoms with E-state index >= 15 is 0 Å². The highest BCUT2D eigenvalue weighted by Gasteiger charge is 2.25. The zero-order chi connectivity index (χ0) is 17.9. The summed E-state index contributed by atoms with van der Waals surface area (Å²) in [6, 6.07) is 16.2. The molecular weight excluding hydrogens is 324 g/mol. The second-order valence-corrected chi connectivity index (χ2v) is 7.35. The number of amides is 2. The molecular formula is C22H24N2O2. The number of nitrogens with one attached hydrogen (secondary N) is 1. The standard InChI is InChI=1S/C22H24N2O2/c25-21-9-7-18-15-19(6-8-20(18)23-21)22(26)24-12-10-17(11-13-24)14-16-4-2-1-3-5-16/h1-6,8,15,17H,7,9-14H2,(H,23,25). The fourth-order valence-electron chi connectivity index (χ4n) is 3.99. The Kier molecular flexibility index (Phi) is 4.74. The predicted octanol–water partition coefficient (Wildman–Crippen LogP) is 3.67. The van der Waals surface area contributed by atoms with Gasteiger partial charge in [-0.3, -0.25) is 9.59 Å². The van der Waals surface area contributed by atoms with Crippen LogP contribution in [0.15, 0.2) is 48.5 Å². The molecule has 26 heavy (non-hydrogen) atoms. The number of carbonyl (C=O) groups excluding carboxylic acids is 2. The first kappa shape index (κ1) is 16.8. The van der Waals surface area contributed by atoms with Gasteiger partial charge in [0.15, 0.2) is 0 Å². The van der Waals surface area contributed by atoms with Crippen molar-refractivity contribution in [3.05, 3.63) is 65.2 Å². The molecule has 0 bridgehead atoms. The Balaban J connectivity index is 1.37. The molecule has 0 saturated carbocycles. The Morgan fingerprint density at radius 2 is 1.81 bits per heavy atom. The number of anilines is 1. The van der Waals surface area contributed by atoms with Crippen molar-refractivity contribution in [1.82, 2.24) is 4.90 Å². The molecule has 0 unspecified atom stereocenters. The van der Waals surface area contributed by atoms with E-state index in [1.807, 2.05) is 23.1 Å². The summed E-state index contributed by atoms with van der Waals surface area (Å²) in [5, 5.41) is 2.87. The first-order valence-electron chi connectivity index (χ1n) is 9.45. The molecule has 134 valence electrons. The van der Waals surface area contributed by atoms with Crippen LogP contribution in [-0.2, 0) is 17.6 Å². The number of likely N-dealkylation sites (tertiary alicyclic amines) is 1. The summed E-state index contributed by atoms with van der Waals surface area (Å²) in [7, 11) is 0. The van der Waals surface area contributed by atoms with Gasteiger partial charge < -0.3 is 10.2 Å². The van der Waals surface area contributed by atoms with Crippen LogP contribution >= 0.6 is 0 Å². The van der Waals surface area contributed by atoms with E-state index in [1.165, 1.54) is 5.56 Å². The van der Waals surface area contributed by atoms with E-state index in [0.717, 1.165) is 49.2 Å². The molecule has 2 amide bonds. The molecule has 1 N–H and O–H groups in total. The third-order valence-corrected chi connectivity index (χ3v) is 5.52. The normalized spacial score (nSPS) is 17.5. The number of fused-ring (bicyclic) bond motifs is 1. The number of hydrogen-bond acceptors (Lipinski definition) is 2. The van der Waals surface area contributed by atoms with Gasteiger partial charge >= 0.3 is 0 Å². The average Bonchev–Trinajstić information content (AvgIpc) is 2.68. The molecule has 1 saturated heterocycles. The molecule has 4 heteroatoms. The van der Waals surface area contributed by atoms with Crippen LogP contribution in [0.5, 0.6) is 0 Å². The van der Waals surface area contributed by atoms with Gasteiger partial charge in [0.1, 0.15) is 0 Å². The number of piperidine rings is 1. The van der Waals surface area contributed by atoms with Gasteiger partial charge in [-0.1, -0.05) is 30.3 Å². The van der Waals surface area contributed by atoms with Crippen molar-refractivity contribution >= 4 is 17.5 Å². The van der Waals surface area contributed by atoms with Crippen LogP contribution in [0.3, 0.4) is 0 Å². The van der Waals surface area contributed by atoms with Crippen molar-refractivity contribution in [1.29, 1.82) is 0 Å². The lowest BCUT2D eigenvalue weighted by Gasteiger charge is -2.32. The van der Waals surface area contributed by atoms with Crippen LogP contribution < -0.4 is 5.32 Å². The molecule has 0 spiro atoms. The lowest BCUT2D eigenvalue weighted by molar-refractivity contribution is -0.116. The summed E-state index contributed by atoms with van der Waals surface area (Å²) in [4.78, 5) is 26.3. The van der Waals surface area contributed by atoms with Crippen molar-refractivity contribution < 1.29 is 9.59 Å². The quantitative estimate of drug-likeness (QED) is 0.920. The van der Waals surface area contributed by atoms with Gasteiger partial charge in [0.25, 0.3) is 5.91 Å². The number of aryl methyl sites for hydroxylation is 1. The van der Waals surface area contributed by atoms with E-state index in [9.17, 15) is 9.59 Å². The molecule has 0 aromatic heterocycles. The average molecular weight is 348 g/mol. The molecule has 2 aliphatic heterocycles. The lowest BCUT2D eigenvalue weighted by atomic mass is 9.90. The summed E-state index contributed by atoms with van der Waals surface area (Å²) in [6.45, 7) is 1.65. The maximum absolute atomic E-state index is 12.9. The second kappa shape index (κ2) is 7.32. The van der Waals surface area contributed by atoms with Crippen LogP contribution in [0.1, 0.15) is 40.7 Å². The number of benzene rings is 2. The number of carbonyl (C=O) groups is 2. The maximum Gasteiger partial charge on any atom is 0.253 e. The van der Waals surface area contributed by atoms with Crippen LogP contribution in [0.4, 0.5) is 5.69 Å². The van der Waals surface area contributed by atoms with Crippen molar-refractivity contribution in [2.24, 2.45) is 5.92 Å². The van der Waals surface area contributed by atoms with Crippen LogP contribution in [0, 0.1) is 5.92 Å². The Hall–Kier alpha value is -2.62. The van der Waals surface area contributed by atoms with E-state index in [1.54, 1.807) is 0 Å². The van der Waals surface area contributed by atoms with Crippen LogP contribution in [0.25, 0.3) is 0 Å². The molecule has 0 atom stereocenters. The third kappa shape index (κ3) is 3.64. The van der Waals surface area contributed by atoms with E-state index in [-0.39, 0.29) is 11.8 Å². The fourth-order valence-corrected chi connectivity index (χ4v) is 3.99. The van der Waals surface area contributed by atoms with Gasteiger partial charge in [-0.25, -0.2) is 0 Å². The minimum atomic E-state index is 0.0528. The fraction of sp³-hybridized carbons (Fsp3) is 0.364. The van der Waals surface area contributed by atoms with E-state index in [4.69, 9.17) is 0 Å². The number of rotatable bonds is 3. The van der Waals surface area contributed by atoms with E-state index in [2.05, 4.69) is 35.6 Å². The Labute approximate surface area is 154 Å². The van der Waals surface area contributed by atoms with Gasteiger partial charge in [0.2, 0.25) is 5.91 Å². The molecule has 1 fully saturated rings. The summed E-state index contributed by atoms with van der Waals surface area (Å²) in [6.07, 6.45) is 4.42. The minimum absolute atomic E-state index is 0.0528. The Morgan fingerprint density at radius 3 is 2.58 bits per heavy atom. The third-order valence-electron chi connectivity index (χ3n) is 5.52. The smallest absolute Gasteiger partial charge is 0.253 e. The summed E-state index contributed by atoms with van der Waals surface area (Å²) < 4.78 is 0. The zero-order valence-electron chi connectivity index (χ0n) is 14.9. The number of hydrogen-bond donors (Lipinski definition) is 1. The molecule has 2 aromatic carbocycles. The highest BCUT2D eigenvalue weighted by atomic mass is 16.2. The second-order valence-electron chi connectivity index (χ2n) is 7.35. The highest BCUT2D eigenvalue weighted by Crippen LogP contribution is 2.26. The van der Waals surface area contributed by atoms with Crippen molar-refractivity contribution in [3.63, 3.8) is 0 Å². The van der Waals surface area contributed by atoms with Gasteiger partial charge in [0.05, 0.1) is 0 Å². The SMILES string of the molecule is O=C1CCc2cc(C(=O)N3CCC(Cc4ccccc4)CC3)ccc2N1. The molecule has 0 radical (unpaired) electrons. The first-order valence-corrected chi connectivity index (χ1v) is 9.45. The van der Waals surface area contributed by atoms with Gasteiger partial charge in [-0.2, -0.15) is 0 Å². The summed E-state index contributed by atoms with van der Waals surface area (Å²) in [5.74, 6) is 0.820. The van der Waals surface area contributed by atoms with Crippen molar-refractivity contribution in [3.8, 4) is 0 Å². The maximum atomic E-state index is 12.9. The lowest BCUT2D eigenvalue weighted by Crippen LogP contribution is -2.39. The number of nitrogens with zero attached hydrogens (tertiary/aromatic N) is 1. The van der Waals surface area contributed by atoms with E-state index < -0.39 is 0 Å². The highest BCUT2D eigenvalue weighted by molar-refractivity contribution is 5.98. The van der Waals surface area contributed by atoms with E-state index in [0.29, 0.717) is 18.8 Å². The van der Waals surface area contributed by atoms with Crippen LogP contribution in [0.2, 0.25) is 0 Å². The summed E-state index contributed by atoms with van der Waals surface area (Å²) in [5.41, 5.74) is 4.03. The molecule has 4 nitrogen and oxygen atoms in total. The van der Waals surface area contributed by atoms with Crippen LogP contribution in [-0.4, -0.2) is 29.8 Å². The van der Waals surface area contributed by atoms with Gasteiger partial charge in [-0.05, 0) is 60.9 Å². The first-order chi connectivity index (χ1) is 12.7. The topological polar surface area (TPSA) is 49.4 Å². The van der Waals surface area contributed by atoms with Gasteiger partial charge in [0, 0.05) is 30.8 Å². The monoisotopic (exact) mass is 348 g/mol. The molecule has 2 heterocycles. The predicted molar refractivity (Wildman–Crippen MR) is 102 cm³/mol. The van der Waals surface area contributed by atoms with Crippen molar-refractivity contribution in [2.75, 3.05) is 18.4 Å². The molecule has 2 aliphatic rings. The van der Waals surface area contributed by atoms with Gasteiger partial charge in [-0.15, -0.1) is 0 Å². The Morgan fingerprint density at radius 1 is 1.04 bits per heavy atom. The molecule has 2 aromatic rings. The zero-order valence-corrected chi connectivity index (χ0v) is 14.9. The summed E-state index contributed by atoms with van der Waals surface area (Å²) >= 11 is 0. The molecule has 0 aliphatic carbocycles. The Bertz CT molecular complexity index is 808.